The first-order chi connectivity index (χ1) is 12.0. The SMILES string of the molecule is O=S(=O)(c1cc(F)ccc1F)N1CCC[C@@H]1c1nc2ccccc2s1. The Kier molecular flexibility index (Phi) is 4.05. The van der Waals surface area contributed by atoms with E-state index < -0.39 is 32.6 Å². The molecule has 3 aromatic rings. The summed E-state index contributed by atoms with van der Waals surface area (Å²) < 4.78 is 55.5. The second-order valence-electron chi connectivity index (χ2n) is 5.87. The van der Waals surface area contributed by atoms with Gasteiger partial charge in [0.25, 0.3) is 0 Å². The fourth-order valence-corrected chi connectivity index (χ4v) is 6.03. The van der Waals surface area contributed by atoms with Crippen LogP contribution in [0.2, 0.25) is 0 Å². The van der Waals surface area contributed by atoms with Crippen molar-refractivity contribution in [3.05, 3.63) is 59.1 Å². The van der Waals surface area contributed by atoms with Gasteiger partial charge >= 0.3 is 0 Å². The highest BCUT2D eigenvalue weighted by molar-refractivity contribution is 7.89. The summed E-state index contributed by atoms with van der Waals surface area (Å²) in [5.41, 5.74) is 0.809. The number of halogens is 2. The predicted octanol–water partition coefficient (Wildman–Crippen LogP) is 4.10. The zero-order valence-electron chi connectivity index (χ0n) is 13.0. The average Bonchev–Trinajstić information content (AvgIpc) is 3.23. The normalized spacial score (nSPS) is 18.9. The first-order valence-electron chi connectivity index (χ1n) is 7.79. The Balaban J connectivity index is 1.77. The van der Waals surface area contributed by atoms with Crippen LogP contribution in [0.4, 0.5) is 8.78 Å². The van der Waals surface area contributed by atoms with Crippen LogP contribution < -0.4 is 0 Å². The van der Waals surface area contributed by atoms with Gasteiger partial charge in [0.1, 0.15) is 21.5 Å². The molecule has 4 rings (SSSR count). The van der Waals surface area contributed by atoms with E-state index in [2.05, 4.69) is 4.98 Å². The van der Waals surface area contributed by atoms with Gasteiger partial charge in [-0.25, -0.2) is 22.2 Å². The zero-order valence-corrected chi connectivity index (χ0v) is 14.7. The predicted molar refractivity (Wildman–Crippen MR) is 91.8 cm³/mol. The minimum absolute atomic E-state index is 0.263. The Bertz CT molecular complexity index is 1020. The fourth-order valence-electron chi connectivity index (χ4n) is 3.11. The molecule has 1 atom stereocenters. The van der Waals surface area contributed by atoms with E-state index in [9.17, 15) is 17.2 Å². The highest BCUT2D eigenvalue weighted by Crippen LogP contribution is 2.40. The molecule has 0 radical (unpaired) electrons. The standard InChI is InChI=1S/C17H14F2N2O2S2/c18-11-7-8-12(19)16(10-11)25(22,23)21-9-3-5-14(21)17-20-13-4-1-2-6-15(13)24-17/h1-2,4,6-8,10,14H,3,5,9H2/t14-/m1/s1. The quantitative estimate of drug-likeness (QED) is 0.687. The van der Waals surface area contributed by atoms with Crippen molar-refractivity contribution in [1.29, 1.82) is 0 Å². The molecule has 4 nitrogen and oxygen atoms in total. The largest absolute Gasteiger partial charge is 0.246 e. The maximum atomic E-state index is 14.0. The van der Waals surface area contributed by atoms with Gasteiger partial charge < -0.3 is 0 Å². The van der Waals surface area contributed by atoms with E-state index in [1.54, 1.807) is 0 Å². The van der Waals surface area contributed by atoms with E-state index >= 15 is 0 Å². The van der Waals surface area contributed by atoms with Gasteiger partial charge in [0.15, 0.2) is 0 Å². The molecule has 1 aliphatic heterocycles. The van der Waals surface area contributed by atoms with Crippen molar-refractivity contribution in [2.75, 3.05) is 6.54 Å². The van der Waals surface area contributed by atoms with Crippen LogP contribution in [0.5, 0.6) is 0 Å². The van der Waals surface area contributed by atoms with Crippen molar-refractivity contribution in [1.82, 2.24) is 9.29 Å². The molecular formula is C17H14F2N2O2S2. The number of benzene rings is 2. The second kappa shape index (κ2) is 6.12. The van der Waals surface area contributed by atoms with E-state index in [1.807, 2.05) is 24.3 Å². The minimum atomic E-state index is -4.14. The lowest BCUT2D eigenvalue weighted by molar-refractivity contribution is 0.392. The molecule has 0 unspecified atom stereocenters. The smallest absolute Gasteiger partial charge is 0.239 e. The lowest BCUT2D eigenvalue weighted by Gasteiger charge is -2.22. The average molecular weight is 380 g/mol. The zero-order chi connectivity index (χ0) is 17.6. The van der Waals surface area contributed by atoms with Crippen LogP contribution >= 0.6 is 11.3 Å². The number of thiazole rings is 1. The molecule has 1 aliphatic rings. The first-order valence-corrected chi connectivity index (χ1v) is 10.0. The molecule has 8 heteroatoms. The molecule has 0 spiro atoms. The third-order valence-corrected chi connectivity index (χ3v) is 7.34. The van der Waals surface area contributed by atoms with Crippen LogP contribution in [0, 0.1) is 11.6 Å². The van der Waals surface area contributed by atoms with Crippen LogP contribution in [-0.4, -0.2) is 24.3 Å². The third-order valence-electron chi connectivity index (χ3n) is 4.28. The topological polar surface area (TPSA) is 50.3 Å². The van der Waals surface area contributed by atoms with Crippen LogP contribution in [0.25, 0.3) is 10.2 Å². The van der Waals surface area contributed by atoms with Gasteiger partial charge in [0, 0.05) is 6.54 Å². The Labute approximate surface area is 147 Å². The lowest BCUT2D eigenvalue weighted by atomic mass is 10.2. The second-order valence-corrected chi connectivity index (χ2v) is 8.79. The molecule has 0 amide bonds. The third kappa shape index (κ3) is 2.84. The van der Waals surface area contributed by atoms with Crippen molar-refractivity contribution < 1.29 is 17.2 Å². The lowest BCUT2D eigenvalue weighted by Crippen LogP contribution is -2.31. The molecule has 130 valence electrons. The summed E-state index contributed by atoms with van der Waals surface area (Å²) in [6, 6.07) is 9.59. The van der Waals surface area contributed by atoms with Gasteiger partial charge in [0.05, 0.1) is 16.3 Å². The summed E-state index contributed by atoms with van der Waals surface area (Å²) in [5, 5.41) is 0.680. The summed E-state index contributed by atoms with van der Waals surface area (Å²) in [6.45, 7) is 0.263. The van der Waals surface area contributed by atoms with Crippen molar-refractivity contribution >= 4 is 31.6 Å². The van der Waals surface area contributed by atoms with Gasteiger partial charge in [-0.15, -0.1) is 11.3 Å². The molecular weight excluding hydrogens is 366 g/mol. The van der Waals surface area contributed by atoms with Gasteiger partial charge in [-0.3, -0.25) is 0 Å². The number of hydrogen-bond donors (Lipinski definition) is 0. The van der Waals surface area contributed by atoms with E-state index in [0.717, 1.165) is 28.4 Å². The maximum absolute atomic E-state index is 14.0. The highest BCUT2D eigenvalue weighted by atomic mass is 32.2. The Morgan fingerprint density at radius 2 is 1.96 bits per heavy atom. The minimum Gasteiger partial charge on any atom is -0.239 e. The van der Waals surface area contributed by atoms with E-state index in [-0.39, 0.29) is 6.54 Å². The summed E-state index contributed by atoms with van der Waals surface area (Å²) in [7, 11) is -4.14. The van der Waals surface area contributed by atoms with Crippen molar-refractivity contribution in [2.45, 2.75) is 23.8 Å². The molecule has 25 heavy (non-hydrogen) atoms. The summed E-state index contributed by atoms with van der Waals surface area (Å²) in [6.07, 6.45) is 1.26. The number of hydrogen-bond acceptors (Lipinski definition) is 4. The highest BCUT2D eigenvalue weighted by Gasteiger charge is 2.39. The number of nitrogens with zero attached hydrogens (tertiary/aromatic N) is 2. The fraction of sp³-hybridized carbons (Fsp3) is 0.235. The number of para-hydroxylation sites is 1. The Hall–Kier alpha value is -1.90. The molecule has 1 aromatic heterocycles. The Morgan fingerprint density at radius 3 is 2.76 bits per heavy atom. The van der Waals surface area contributed by atoms with Crippen molar-refractivity contribution in [3.63, 3.8) is 0 Å². The molecule has 0 N–H and O–H groups in total. The number of sulfonamides is 1. The van der Waals surface area contributed by atoms with Crippen molar-refractivity contribution in [2.24, 2.45) is 0 Å². The van der Waals surface area contributed by atoms with Crippen LogP contribution in [0.3, 0.4) is 0 Å². The Morgan fingerprint density at radius 1 is 1.16 bits per heavy atom. The molecule has 0 aliphatic carbocycles. The van der Waals surface area contributed by atoms with Gasteiger partial charge in [0.2, 0.25) is 10.0 Å². The van der Waals surface area contributed by atoms with Gasteiger partial charge in [-0.05, 0) is 43.2 Å². The molecule has 2 aromatic carbocycles. The van der Waals surface area contributed by atoms with Crippen LogP contribution in [0.15, 0.2) is 47.4 Å². The summed E-state index contributed by atoms with van der Waals surface area (Å²) in [5.74, 6) is -1.73. The van der Waals surface area contributed by atoms with Gasteiger partial charge in [-0.1, -0.05) is 12.1 Å². The summed E-state index contributed by atoms with van der Waals surface area (Å²) in [4.78, 5) is 3.91. The van der Waals surface area contributed by atoms with Crippen LogP contribution in [0.1, 0.15) is 23.9 Å². The van der Waals surface area contributed by atoms with Crippen LogP contribution in [-0.2, 0) is 10.0 Å². The van der Waals surface area contributed by atoms with E-state index in [0.29, 0.717) is 17.8 Å². The molecule has 1 saturated heterocycles. The maximum Gasteiger partial charge on any atom is 0.246 e. The first kappa shape index (κ1) is 16.6. The number of rotatable bonds is 3. The molecule has 1 fully saturated rings. The summed E-state index contributed by atoms with van der Waals surface area (Å²) >= 11 is 1.43. The molecule has 0 bridgehead atoms. The molecule has 0 saturated carbocycles. The van der Waals surface area contributed by atoms with E-state index in [1.165, 1.54) is 15.6 Å². The van der Waals surface area contributed by atoms with Gasteiger partial charge in [-0.2, -0.15) is 4.31 Å². The van der Waals surface area contributed by atoms with E-state index in [4.69, 9.17) is 0 Å². The molecule has 2 heterocycles. The monoisotopic (exact) mass is 380 g/mol. The number of fused-ring (bicyclic) bond motifs is 1. The van der Waals surface area contributed by atoms with Crippen molar-refractivity contribution in [3.8, 4) is 0 Å². The number of aromatic nitrogens is 1.